The Hall–Kier alpha value is -0.500. The van der Waals surface area contributed by atoms with Gasteiger partial charge in [0.05, 0.1) is 19.6 Å². The van der Waals surface area contributed by atoms with Gasteiger partial charge in [-0.05, 0) is 30.6 Å². The number of rotatable bonds is 12. The van der Waals surface area contributed by atoms with Crippen molar-refractivity contribution in [2.75, 3.05) is 13.2 Å². The van der Waals surface area contributed by atoms with E-state index in [4.69, 9.17) is 4.74 Å². The van der Waals surface area contributed by atoms with Gasteiger partial charge < -0.3 is 14.0 Å². The second kappa shape index (κ2) is 13.4. The van der Waals surface area contributed by atoms with Gasteiger partial charge in [-0.3, -0.25) is 9.59 Å². The molecule has 0 fully saturated rings. The standard InChI is InChI=1S/C18H29F5O7S.Na/c1-12(11-16(2,3)4)6-9-30-15(25)13(31(26,27)28)10-14(24)29-8-5-7-17(19,20)18(21,22)23;/h12-13H,5-11H2,1-4H3,(H,26,27,28);/q;+1/p-1. The molecule has 0 aromatic rings. The minimum Gasteiger partial charge on any atom is -0.747 e. The fraction of sp³-hybridized carbons (Fsp3) is 0.889. The van der Waals surface area contributed by atoms with Crippen LogP contribution in [0.2, 0.25) is 0 Å². The molecule has 0 bridgehead atoms. The van der Waals surface area contributed by atoms with Crippen molar-refractivity contribution < 1.29 is 83.5 Å². The van der Waals surface area contributed by atoms with Crippen molar-refractivity contribution in [2.24, 2.45) is 11.3 Å². The van der Waals surface area contributed by atoms with Gasteiger partial charge in [-0.1, -0.05) is 27.7 Å². The number of hydrogen-bond acceptors (Lipinski definition) is 7. The van der Waals surface area contributed by atoms with Crippen LogP contribution in [0.5, 0.6) is 0 Å². The third-order valence-electron chi connectivity index (χ3n) is 4.09. The van der Waals surface area contributed by atoms with Crippen molar-refractivity contribution in [3.05, 3.63) is 0 Å². The second-order valence-corrected chi connectivity index (χ2v) is 10.1. The zero-order valence-electron chi connectivity index (χ0n) is 18.8. The summed E-state index contributed by atoms with van der Waals surface area (Å²) in [5.74, 6) is -7.74. The minimum absolute atomic E-state index is 0. The summed E-state index contributed by atoms with van der Waals surface area (Å²) in [5, 5.41) is -2.41. The predicted octanol–water partition coefficient (Wildman–Crippen LogP) is 0.821. The number of carbonyl (C=O) groups excluding carboxylic acids is 2. The maximum absolute atomic E-state index is 12.7. The molecule has 0 saturated carbocycles. The minimum atomic E-state index is -5.76. The first-order valence-electron chi connectivity index (χ1n) is 9.48. The predicted molar refractivity (Wildman–Crippen MR) is 98.1 cm³/mol. The van der Waals surface area contributed by atoms with Crippen molar-refractivity contribution in [2.45, 2.75) is 77.1 Å². The smallest absolute Gasteiger partial charge is 0.747 e. The summed E-state index contributed by atoms with van der Waals surface area (Å²) < 4.78 is 105. The maximum Gasteiger partial charge on any atom is 1.00 e. The molecule has 0 aliphatic rings. The molecule has 2 atom stereocenters. The van der Waals surface area contributed by atoms with E-state index in [2.05, 4.69) is 4.74 Å². The molecule has 0 aliphatic carbocycles. The molecule has 0 aromatic carbocycles. The summed E-state index contributed by atoms with van der Waals surface area (Å²) in [4.78, 5) is 23.6. The summed E-state index contributed by atoms with van der Waals surface area (Å²) >= 11 is 0. The average molecular weight is 506 g/mol. The largest absolute Gasteiger partial charge is 1.00 e. The third-order valence-corrected chi connectivity index (χ3v) is 5.15. The molecule has 0 saturated heterocycles. The van der Waals surface area contributed by atoms with Crippen LogP contribution < -0.4 is 29.6 Å². The summed E-state index contributed by atoms with van der Waals surface area (Å²) in [6.07, 6.45) is -8.35. The van der Waals surface area contributed by atoms with E-state index in [0.717, 1.165) is 6.42 Å². The van der Waals surface area contributed by atoms with Gasteiger partial charge in [-0.25, -0.2) is 8.42 Å². The van der Waals surface area contributed by atoms with Crippen LogP contribution in [0.4, 0.5) is 22.0 Å². The van der Waals surface area contributed by atoms with Crippen LogP contribution in [0.3, 0.4) is 0 Å². The summed E-state index contributed by atoms with van der Waals surface area (Å²) in [6, 6.07) is 0. The van der Waals surface area contributed by atoms with Crippen LogP contribution in [0, 0.1) is 11.3 Å². The first kappa shape index (κ1) is 33.7. The van der Waals surface area contributed by atoms with Crippen molar-refractivity contribution in [1.29, 1.82) is 0 Å². The van der Waals surface area contributed by atoms with Crippen LogP contribution >= 0.6 is 0 Å². The van der Waals surface area contributed by atoms with Gasteiger partial charge in [0.1, 0.15) is 10.1 Å². The van der Waals surface area contributed by atoms with E-state index in [1.165, 1.54) is 0 Å². The topological polar surface area (TPSA) is 110 Å². The number of carbonyl (C=O) groups is 2. The van der Waals surface area contributed by atoms with Crippen molar-refractivity contribution in [1.82, 2.24) is 0 Å². The van der Waals surface area contributed by atoms with E-state index in [9.17, 15) is 44.5 Å². The number of esters is 2. The van der Waals surface area contributed by atoms with Gasteiger partial charge in [0, 0.05) is 6.42 Å². The van der Waals surface area contributed by atoms with Crippen LogP contribution in [-0.4, -0.2) is 55.5 Å². The quantitative estimate of drug-likeness (QED) is 0.127. The van der Waals surface area contributed by atoms with Crippen LogP contribution in [0.25, 0.3) is 0 Å². The first-order valence-corrected chi connectivity index (χ1v) is 10.9. The summed E-state index contributed by atoms with van der Waals surface area (Å²) in [7, 11) is -5.31. The molecule has 0 aliphatic heterocycles. The van der Waals surface area contributed by atoms with E-state index in [-0.39, 0.29) is 47.5 Å². The Labute approximate surface area is 206 Å². The Kier molecular flexibility index (Phi) is 14.1. The average Bonchev–Trinajstić information content (AvgIpc) is 2.52. The van der Waals surface area contributed by atoms with E-state index in [1.54, 1.807) is 0 Å². The molecule has 14 heteroatoms. The Morgan fingerprint density at radius 1 is 1.00 bits per heavy atom. The van der Waals surface area contributed by atoms with Gasteiger partial charge in [-0.15, -0.1) is 0 Å². The van der Waals surface area contributed by atoms with E-state index >= 15 is 0 Å². The van der Waals surface area contributed by atoms with Crippen molar-refractivity contribution >= 4 is 22.1 Å². The van der Waals surface area contributed by atoms with Crippen LogP contribution in [0.15, 0.2) is 0 Å². The van der Waals surface area contributed by atoms with Gasteiger partial charge in [-0.2, -0.15) is 22.0 Å². The Balaban J connectivity index is 0. The summed E-state index contributed by atoms with van der Waals surface area (Å²) in [5.41, 5.74) is 0.0120. The molecule has 0 radical (unpaired) electrons. The van der Waals surface area contributed by atoms with Crippen LogP contribution in [-0.2, 0) is 29.2 Å². The molecule has 0 heterocycles. The number of ether oxygens (including phenoxy) is 2. The van der Waals surface area contributed by atoms with Gasteiger partial charge in [0.15, 0.2) is 5.25 Å². The molecule has 7 nitrogen and oxygen atoms in total. The van der Waals surface area contributed by atoms with Crippen molar-refractivity contribution in [3.63, 3.8) is 0 Å². The summed E-state index contributed by atoms with van der Waals surface area (Å²) in [6.45, 7) is 6.84. The fourth-order valence-corrected chi connectivity index (χ4v) is 3.38. The molecular weight excluding hydrogens is 478 g/mol. The maximum atomic E-state index is 12.7. The van der Waals surface area contributed by atoms with Gasteiger partial charge in [0.25, 0.3) is 0 Å². The molecular formula is C18H28F5NaO7S. The van der Waals surface area contributed by atoms with Gasteiger partial charge >= 0.3 is 53.6 Å². The first-order chi connectivity index (χ1) is 13.8. The fourth-order valence-electron chi connectivity index (χ4n) is 2.74. The Bertz CT molecular complexity index is 705. The zero-order chi connectivity index (χ0) is 24.7. The molecule has 2 unspecified atom stereocenters. The van der Waals surface area contributed by atoms with E-state index < -0.39 is 65.3 Å². The molecule has 0 spiro atoms. The third kappa shape index (κ3) is 13.9. The zero-order valence-corrected chi connectivity index (χ0v) is 21.6. The van der Waals surface area contributed by atoms with Crippen molar-refractivity contribution in [3.8, 4) is 0 Å². The number of halogens is 5. The SMILES string of the molecule is CC(CCOC(=O)C(CC(=O)OCCCC(F)(F)C(F)(F)F)S(=O)(=O)[O-])CC(C)(C)C.[Na+]. The van der Waals surface area contributed by atoms with Gasteiger partial charge in [0.2, 0.25) is 0 Å². The molecule has 0 N–H and O–H groups in total. The molecule has 184 valence electrons. The Morgan fingerprint density at radius 2 is 1.53 bits per heavy atom. The van der Waals surface area contributed by atoms with E-state index in [0.29, 0.717) is 6.42 Å². The monoisotopic (exact) mass is 506 g/mol. The second-order valence-electron chi connectivity index (χ2n) is 8.54. The Morgan fingerprint density at radius 3 is 1.97 bits per heavy atom. The molecule has 0 rings (SSSR count). The molecule has 0 amide bonds. The molecule has 0 aromatic heterocycles. The number of hydrogen-bond donors (Lipinski definition) is 0. The number of alkyl halides is 5. The van der Waals surface area contributed by atoms with E-state index in [1.807, 2.05) is 27.7 Å². The van der Waals surface area contributed by atoms with Crippen LogP contribution in [0.1, 0.15) is 59.8 Å². The molecule has 32 heavy (non-hydrogen) atoms. The normalized spacial score (nSPS) is 14.8.